The summed E-state index contributed by atoms with van der Waals surface area (Å²) < 4.78 is 2.10. The molecule has 76 valence electrons. The van der Waals surface area contributed by atoms with Crippen LogP contribution in [0.25, 0.3) is 0 Å². The molecule has 0 atom stereocenters. The van der Waals surface area contributed by atoms with E-state index in [9.17, 15) is 0 Å². The number of rotatable bonds is 6. The molecule has 4 nitrogen and oxygen atoms in total. The van der Waals surface area contributed by atoms with Gasteiger partial charge in [0.1, 0.15) is 5.82 Å². The van der Waals surface area contributed by atoms with Crippen LogP contribution in [0, 0.1) is 11.3 Å². The van der Waals surface area contributed by atoms with Gasteiger partial charge < -0.3 is 9.88 Å². The first kappa shape index (κ1) is 10.7. The van der Waals surface area contributed by atoms with Crippen LogP contribution in [0.1, 0.15) is 25.6 Å². The van der Waals surface area contributed by atoms with Gasteiger partial charge in [0, 0.05) is 25.4 Å². The maximum Gasteiger partial charge on any atom is 0.122 e. The summed E-state index contributed by atoms with van der Waals surface area (Å²) in [5.41, 5.74) is 0. The molecule has 0 spiro atoms. The van der Waals surface area contributed by atoms with E-state index < -0.39 is 0 Å². The van der Waals surface area contributed by atoms with Gasteiger partial charge in [-0.2, -0.15) is 5.26 Å². The third kappa shape index (κ3) is 3.19. The lowest BCUT2D eigenvalue weighted by Crippen LogP contribution is -2.16. The molecule has 0 fully saturated rings. The van der Waals surface area contributed by atoms with Gasteiger partial charge in [-0.25, -0.2) is 4.98 Å². The lowest BCUT2D eigenvalue weighted by molar-refractivity contribution is 0.587. The van der Waals surface area contributed by atoms with Crippen molar-refractivity contribution in [2.75, 3.05) is 6.54 Å². The zero-order chi connectivity index (χ0) is 10.2. The van der Waals surface area contributed by atoms with E-state index in [2.05, 4.69) is 27.9 Å². The first-order valence-electron chi connectivity index (χ1n) is 4.96. The first-order valence-corrected chi connectivity index (χ1v) is 4.96. The SMILES string of the molecule is CCNCc1nccn1CCCC#N. The minimum Gasteiger partial charge on any atom is -0.334 e. The Morgan fingerprint density at radius 3 is 3.21 bits per heavy atom. The van der Waals surface area contributed by atoms with E-state index in [-0.39, 0.29) is 0 Å². The van der Waals surface area contributed by atoms with Gasteiger partial charge in [-0.3, -0.25) is 0 Å². The summed E-state index contributed by atoms with van der Waals surface area (Å²) in [4.78, 5) is 4.25. The maximum atomic E-state index is 8.42. The number of nitriles is 1. The molecule has 1 aromatic rings. The summed E-state index contributed by atoms with van der Waals surface area (Å²) in [6.45, 7) is 4.71. The van der Waals surface area contributed by atoms with Crippen molar-refractivity contribution in [3.8, 4) is 6.07 Å². The maximum absolute atomic E-state index is 8.42. The summed E-state index contributed by atoms with van der Waals surface area (Å²) >= 11 is 0. The third-order valence-electron chi connectivity index (χ3n) is 2.02. The van der Waals surface area contributed by atoms with E-state index >= 15 is 0 Å². The molecule has 0 aliphatic rings. The van der Waals surface area contributed by atoms with Crippen molar-refractivity contribution in [1.29, 1.82) is 5.26 Å². The highest BCUT2D eigenvalue weighted by Gasteiger charge is 2.00. The predicted molar refractivity (Wildman–Crippen MR) is 54.5 cm³/mol. The molecular formula is C10H16N4. The molecule has 0 amide bonds. The van der Waals surface area contributed by atoms with Crippen LogP contribution in [0.15, 0.2) is 12.4 Å². The smallest absolute Gasteiger partial charge is 0.122 e. The molecule has 0 saturated heterocycles. The highest BCUT2D eigenvalue weighted by molar-refractivity contribution is 4.92. The van der Waals surface area contributed by atoms with Crippen LogP contribution in [0.2, 0.25) is 0 Å². The fourth-order valence-corrected chi connectivity index (χ4v) is 1.28. The van der Waals surface area contributed by atoms with Gasteiger partial charge in [0.15, 0.2) is 0 Å². The first-order chi connectivity index (χ1) is 6.88. The second-order valence-electron chi connectivity index (χ2n) is 3.08. The summed E-state index contributed by atoms with van der Waals surface area (Å²) in [7, 11) is 0. The van der Waals surface area contributed by atoms with Crippen LogP contribution < -0.4 is 5.32 Å². The van der Waals surface area contributed by atoms with Gasteiger partial charge in [-0.15, -0.1) is 0 Å². The largest absolute Gasteiger partial charge is 0.334 e. The molecule has 4 heteroatoms. The molecule has 1 rings (SSSR count). The zero-order valence-corrected chi connectivity index (χ0v) is 8.53. The summed E-state index contributed by atoms with van der Waals surface area (Å²) in [6, 6.07) is 2.14. The number of aryl methyl sites for hydroxylation is 1. The Labute approximate surface area is 84.6 Å². The molecule has 0 bridgehead atoms. The van der Waals surface area contributed by atoms with Gasteiger partial charge in [0.25, 0.3) is 0 Å². The average molecular weight is 192 g/mol. The number of hydrogen-bond donors (Lipinski definition) is 1. The van der Waals surface area contributed by atoms with Crippen molar-refractivity contribution >= 4 is 0 Å². The van der Waals surface area contributed by atoms with E-state index in [1.807, 2.05) is 6.20 Å². The predicted octanol–water partition coefficient (Wildman–Crippen LogP) is 1.30. The van der Waals surface area contributed by atoms with Gasteiger partial charge in [-0.1, -0.05) is 6.92 Å². The van der Waals surface area contributed by atoms with Gasteiger partial charge >= 0.3 is 0 Å². The zero-order valence-electron chi connectivity index (χ0n) is 8.53. The Kier molecular flexibility index (Phi) is 4.73. The Morgan fingerprint density at radius 2 is 2.50 bits per heavy atom. The van der Waals surface area contributed by atoms with Crippen LogP contribution in [0.5, 0.6) is 0 Å². The molecule has 0 aliphatic carbocycles. The highest BCUT2D eigenvalue weighted by Crippen LogP contribution is 2.00. The lowest BCUT2D eigenvalue weighted by atomic mass is 10.3. The van der Waals surface area contributed by atoms with Crippen molar-refractivity contribution in [2.45, 2.75) is 32.9 Å². The van der Waals surface area contributed by atoms with Crippen LogP contribution >= 0.6 is 0 Å². The van der Waals surface area contributed by atoms with Gasteiger partial charge in [0.05, 0.1) is 12.6 Å². The Morgan fingerprint density at radius 1 is 1.64 bits per heavy atom. The van der Waals surface area contributed by atoms with Crippen molar-refractivity contribution in [3.63, 3.8) is 0 Å². The number of nitrogens with one attached hydrogen (secondary N) is 1. The minimum atomic E-state index is 0.610. The van der Waals surface area contributed by atoms with E-state index in [4.69, 9.17) is 5.26 Å². The van der Waals surface area contributed by atoms with Crippen molar-refractivity contribution in [1.82, 2.24) is 14.9 Å². The Bertz CT molecular complexity index is 297. The van der Waals surface area contributed by atoms with Crippen molar-refractivity contribution in [3.05, 3.63) is 18.2 Å². The molecule has 0 aromatic carbocycles. The minimum absolute atomic E-state index is 0.610. The number of unbranched alkanes of at least 4 members (excludes halogenated alkanes) is 1. The van der Waals surface area contributed by atoms with Gasteiger partial charge in [-0.05, 0) is 13.0 Å². The molecule has 0 radical (unpaired) electrons. The topological polar surface area (TPSA) is 53.6 Å². The fraction of sp³-hybridized carbons (Fsp3) is 0.600. The standard InChI is InChI=1S/C10H16N4/c1-2-12-9-10-13-6-8-14(10)7-4-3-5-11/h6,8,12H,2-4,7,9H2,1H3. The van der Waals surface area contributed by atoms with Crippen molar-refractivity contribution < 1.29 is 0 Å². The summed E-state index contributed by atoms with van der Waals surface area (Å²) in [6.07, 6.45) is 5.27. The van der Waals surface area contributed by atoms with E-state index in [1.54, 1.807) is 6.20 Å². The quantitative estimate of drug-likeness (QED) is 0.691. The molecule has 0 unspecified atom stereocenters. The van der Waals surface area contributed by atoms with Crippen LogP contribution in [-0.2, 0) is 13.1 Å². The normalized spacial score (nSPS) is 10.0. The summed E-state index contributed by atoms with van der Waals surface area (Å²) in [5, 5.41) is 11.7. The Balaban J connectivity index is 2.42. The van der Waals surface area contributed by atoms with Crippen molar-refractivity contribution in [2.24, 2.45) is 0 Å². The molecule has 1 aromatic heterocycles. The number of aromatic nitrogens is 2. The van der Waals surface area contributed by atoms with Crippen LogP contribution in [-0.4, -0.2) is 16.1 Å². The number of hydrogen-bond acceptors (Lipinski definition) is 3. The second-order valence-corrected chi connectivity index (χ2v) is 3.08. The molecular weight excluding hydrogens is 176 g/mol. The van der Waals surface area contributed by atoms with E-state index in [0.717, 1.165) is 31.9 Å². The van der Waals surface area contributed by atoms with Gasteiger partial charge in [0.2, 0.25) is 0 Å². The number of imidazole rings is 1. The van der Waals surface area contributed by atoms with Crippen LogP contribution in [0.4, 0.5) is 0 Å². The number of nitrogens with zero attached hydrogens (tertiary/aromatic N) is 3. The summed E-state index contributed by atoms with van der Waals surface area (Å²) in [5.74, 6) is 1.05. The van der Waals surface area contributed by atoms with E-state index in [1.165, 1.54) is 0 Å². The average Bonchev–Trinajstić information content (AvgIpc) is 2.63. The highest BCUT2D eigenvalue weighted by atomic mass is 15.1. The molecule has 0 saturated carbocycles. The molecule has 1 N–H and O–H groups in total. The Hall–Kier alpha value is -1.34. The van der Waals surface area contributed by atoms with Crippen LogP contribution in [0.3, 0.4) is 0 Å². The fourth-order valence-electron chi connectivity index (χ4n) is 1.28. The third-order valence-corrected chi connectivity index (χ3v) is 2.02. The van der Waals surface area contributed by atoms with E-state index in [0.29, 0.717) is 6.42 Å². The lowest BCUT2D eigenvalue weighted by Gasteiger charge is -2.06. The monoisotopic (exact) mass is 192 g/mol. The molecule has 1 heterocycles. The second kappa shape index (κ2) is 6.17. The molecule has 0 aliphatic heterocycles. The molecule has 14 heavy (non-hydrogen) atoms.